The number of fused-ring (bicyclic) bond motifs is 2. The molecule has 3 heterocycles. The molecular formula is C26H29BO4S4. The summed E-state index contributed by atoms with van der Waals surface area (Å²) in [6.07, 6.45) is 6.00. The van der Waals surface area contributed by atoms with Crippen molar-refractivity contribution >= 4 is 81.7 Å². The summed E-state index contributed by atoms with van der Waals surface area (Å²) < 4.78 is 14.4. The predicted molar refractivity (Wildman–Crippen MR) is 153 cm³/mol. The minimum atomic E-state index is -0.573. The molecule has 3 aromatic rings. The molecule has 184 valence electrons. The van der Waals surface area contributed by atoms with Gasteiger partial charge in [-0.3, -0.25) is 9.59 Å². The molecule has 1 aliphatic heterocycles. The van der Waals surface area contributed by atoms with Crippen LogP contribution in [0.2, 0.25) is 0 Å². The van der Waals surface area contributed by atoms with E-state index in [2.05, 4.69) is 0 Å². The molecule has 0 atom stereocenters. The number of thioether (sulfide) groups is 2. The van der Waals surface area contributed by atoms with Gasteiger partial charge in [0.05, 0.1) is 18.2 Å². The Morgan fingerprint density at radius 2 is 1.40 bits per heavy atom. The number of carbonyl (C=O) groups excluding carboxylic acids is 2. The van der Waals surface area contributed by atoms with Gasteiger partial charge in [-0.25, -0.2) is 0 Å². The molecule has 2 aromatic heterocycles. The van der Waals surface area contributed by atoms with E-state index >= 15 is 0 Å². The van der Waals surface area contributed by atoms with E-state index in [4.69, 9.17) is 9.31 Å². The van der Waals surface area contributed by atoms with Crippen molar-refractivity contribution in [2.24, 2.45) is 10.8 Å². The Kier molecular flexibility index (Phi) is 7.28. The fourth-order valence-electron chi connectivity index (χ4n) is 3.65. The largest absolute Gasteiger partial charge is 0.625 e. The van der Waals surface area contributed by atoms with Crippen LogP contribution in [0.3, 0.4) is 0 Å². The van der Waals surface area contributed by atoms with E-state index in [1.807, 2.05) is 84.3 Å². The summed E-state index contributed by atoms with van der Waals surface area (Å²) in [6.45, 7) is 11.7. The van der Waals surface area contributed by atoms with E-state index < -0.39 is 17.9 Å². The SMILES string of the molecule is CSc1sc(C(=O)C(C)(C)C)cc1/C=C/B1Oc2cc3c(SC)sc(C(=O)C(C)(C)C)c3cc2O1. The molecule has 4 nitrogen and oxygen atoms in total. The minimum absolute atomic E-state index is 0.130. The van der Waals surface area contributed by atoms with E-state index in [-0.39, 0.29) is 11.6 Å². The molecule has 0 radical (unpaired) electrons. The van der Waals surface area contributed by atoms with Gasteiger partial charge in [0.2, 0.25) is 0 Å². The zero-order valence-electron chi connectivity index (χ0n) is 21.2. The van der Waals surface area contributed by atoms with E-state index in [0.717, 1.165) is 34.5 Å². The summed E-state index contributed by atoms with van der Waals surface area (Å²) in [7, 11) is -0.573. The number of carbonyl (C=O) groups is 2. The summed E-state index contributed by atoms with van der Waals surface area (Å²) in [5, 5.41) is 1.94. The summed E-state index contributed by atoms with van der Waals surface area (Å²) in [6, 6.07) is 5.87. The molecule has 4 rings (SSSR count). The number of hydrogen-bond acceptors (Lipinski definition) is 8. The average Bonchev–Trinajstić information content (AvgIpc) is 3.47. The molecule has 0 saturated heterocycles. The quantitative estimate of drug-likeness (QED) is 0.177. The lowest BCUT2D eigenvalue weighted by Crippen LogP contribution is -2.21. The van der Waals surface area contributed by atoms with Gasteiger partial charge in [-0.1, -0.05) is 47.6 Å². The van der Waals surface area contributed by atoms with Crippen LogP contribution in [0, 0.1) is 10.8 Å². The number of benzene rings is 1. The zero-order valence-corrected chi connectivity index (χ0v) is 24.5. The van der Waals surface area contributed by atoms with Gasteiger partial charge in [0.15, 0.2) is 11.6 Å². The Morgan fingerprint density at radius 3 is 1.94 bits per heavy atom. The summed E-state index contributed by atoms with van der Waals surface area (Å²) in [4.78, 5) is 27.4. The molecule has 0 bridgehead atoms. The van der Waals surface area contributed by atoms with Crippen molar-refractivity contribution in [2.45, 2.75) is 50.0 Å². The van der Waals surface area contributed by atoms with Gasteiger partial charge in [-0.2, -0.15) is 0 Å². The van der Waals surface area contributed by atoms with Crippen molar-refractivity contribution in [3.8, 4) is 11.5 Å². The first-order chi connectivity index (χ1) is 16.3. The maximum atomic E-state index is 13.1. The standard InChI is InChI=1S/C26H29BO4S4/c1-25(2,3)21(28)19-11-14(23(32-7)34-19)9-10-27-30-17-12-15-16(13-18(17)31-27)24(33-8)35-20(15)22(29)26(4,5)6/h9-13H,1-8H3/b10-9+. The van der Waals surface area contributed by atoms with E-state index in [1.54, 1.807) is 23.5 Å². The van der Waals surface area contributed by atoms with E-state index in [0.29, 0.717) is 11.5 Å². The fraction of sp³-hybridized carbons (Fsp3) is 0.385. The molecule has 0 saturated carbocycles. The van der Waals surface area contributed by atoms with Gasteiger partial charge in [0, 0.05) is 21.6 Å². The van der Waals surface area contributed by atoms with Crippen LogP contribution in [0.15, 0.2) is 32.6 Å². The van der Waals surface area contributed by atoms with Crippen LogP contribution in [-0.2, 0) is 0 Å². The second-order valence-corrected chi connectivity index (χ2v) is 14.7. The lowest BCUT2D eigenvalue weighted by atomic mass is 9.88. The number of rotatable bonds is 6. The third-order valence-corrected chi connectivity index (χ3v) is 10.2. The van der Waals surface area contributed by atoms with Crippen LogP contribution in [0.5, 0.6) is 11.5 Å². The number of Topliss-reactive ketones (excluding diaryl/α,β-unsaturated/α-hetero) is 2. The Balaban J connectivity index is 1.62. The summed E-state index contributed by atoms with van der Waals surface area (Å²) in [5.74, 6) is 3.46. The highest BCUT2D eigenvalue weighted by molar-refractivity contribution is 8.00. The number of thiophene rings is 2. The van der Waals surface area contributed by atoms with Crippen molar-refractivity contribution in [3.63, 3.8) is 0 Å². The van der Waals surface area contributed by atoms with Crippen LogP contribution in [-0.4, -0.2) is 31.2 Å². The fourth-order valence-corrected chi connectivity index (χ4v) is 7.75. The molecule has 0 aliphatic carbocycles. The first-order valence-corrected chi connectivity index (χ1v) is 15.3. The van der Waals surface area contributed by atoms with E-state index in [1.165, 1.54) is 22.7 Å². The van der Waals surface area contributed by atoms with Crippen LogP contribution < -0.4 is 9.31 Å². The van der Waals surface area contributed by atoms with Crippen LogP contribution in [0.1, 0.15) is 66.4 Å². The van der Waals surface area contributed by atoms with Gasteiger partial charge < -0.3 is 9.31 Å². The molecule has 35 heavy (non-hydrogen) atoms. The van der Waals surface area contributed by atoms with Gasteiger partial charge in [-0.15, -0.1) is 46.2 Å². The van der Waals surface area contributed by atoms with Crippen molar-refractivity contribution in [1.29, 1.82) is 0 Å². The molecular weight excluding hydrogens is 515 g/mol. The maximum absolute atomic E-state index is 13.1. The zero-order chi connectivity index (χ0) is 25.7. The molecule has 0 unspecified atom stereocenters. The molecule has 1 aromatic carbocycles. The van der Waals surface area contributed by atoms with E-state index in [9.17, 15) is 9.59 Å². The smallest absolute Gasteiger partial charge is 0.520 e. The minimum Gasteiger partial charge on any atom is -0.520 e. The second-order valence-electron chi connectivity index (χ2n) is 10.4. The molecule has 0 spiro atoms. The highest BCUT2D eigenvalue weighted by Crippen LogP contribution is 2.46. The van der Waals surface area contributed by atoms with Gasteiger partial charge in [0.25, 0.3) is 0 Å². The predicted octanol–water partition coefficient (Wildman–Crippen LogP) is 8.38. The van der Waals surface area contributed by atoms with Crippen LogP contribution in [0.25, 0.3) is 16.8 Å². The van der Waals surface area contributed by atoms with Gasteiger partial charge in [0.1, 0.15) is 11.5 Å². The summed E-state index contributed by atoms with van der Waals surface area (Å²) >= 11 is 6.33. The third kappa shape index (κ3) is 5.24. The monoisotopic (exact) mass is 544 g/mol. The Labute approximate surface area is 224 Å². The maximum Gasteiger partial charge on any atom is 0.625 e. The lowest BCUT2D eigenvalue weighted by molar-refractivity contribution is 0.0857. The van der Waals surface area contributed by atoms with Crippen molar-refractivity contribution in [3.05, 3.63) is 39.5 Å². The Bertz CT molecular complexity index is 1340. The average molecular weight is 545 g/mol. The first-order valence-electron chi connectivity index (χ1n) is 11.3. The van der Waals surface area contributed by atoms with Gasteiger partial charge >= 0.3 is 7.12 Å². The van der Waals surface area contributed by atoms with Crippen molar-refractivity contribution < 1.29 is 18.9 Å². The Morgan fingerprint density at radius 1 is 0.829 bits per heavy atom. The number of hydrogen-bond donors (Lipinski definition) is 0. The highest BCUT2D eigenvalue weighted by Gasteiger charge is 2.33. The molecule has 1 aliphatic rings. The highest BCUT2D eigenvalue weighted by atomic mass is 32.2. The van der Waals surface area contributed by atoms with Crippen molar-refractivity contribution in [2.75, 3.05) is 12.5 Å². The second kappa shape index (κ2) is 9.65. The normalized spacial score (nSPS) is 13.9. The van der Waals surface area contributed by atoms with Gasteiger partial charge in [-0.05, 0) is 42.2 Å². The van der Waals surface area contributed by atoms with Crippen molar-refractivity contribution in [1.82, 2.24) is 0 Å². The topological polar surface area (TPSA) is 52.6 Å². The molecule has 0 amide bonds. The lowest BCUT2D eigenvalue weighted by Gasteiger charge is -2.15. The third-order valence-electron chi connectivity index (χ3n) is 5.55. The van der Waals surface area contributed by atoms with Crippen LogP contribution >= 0.6 is 46.2 Å². The molecule has 0 N–H and O–H groups in total. The molecule has 9 heteroatoms. The first kappa shape index (κ1) is 26.4. The Hall–Kier alpha value is -1.68. The molecule has 0 fully saturated rings. The number of ketones is 2. The summed E-state index contributed by atoms with van der Waals surface area (Å²) in [5.41, 5.74) is 0.107. The van der Waals surface area contributed by atoms with Crippen LogP contribution in [0.4, 0.5) is 0 Å².